The minimum absolute atomic E-state index is 0.648. The summed E-state index contributed by atoms with van der Waals surface area (Å²) < 4.78 is 0.953. The van der Waals surface area contributed by atoms with E-state index in [4.69, 9.17) is 15.0 Å². The van der Waals surface area contributed by atoms with Crippen LogP contribution in [0.1, 0.15) is 0 Å². The summed E-state index contributed by atoms with van der Waals surface area (Å²) in [6.07, 6.45) is 0. The van der Waals surface area contributed by atoms with Gasteiger partial charge in [-0.05, 0) is 22.9 Å². The molecule has 0 bridgehead atoms. The molecule has 29 heavy (non-hydrogen) atoms. The molecule has 5 rings (SSSR count). The van der Waals surface area contributed by atoms with Gasteiger partial charge >= 0.3 is 0 Å². The van der Waals surface area contributed by atoms with E-state index in [0.717, 1.165) is 26.5 Å². The quantitative estimate of drug-likeness (QED) is 0.311. The van der Waals surface area contributed by atoms with Crippen LogP contribution >= 0.6 is 15.9 Å². The van der Waals surface area contributed by atoms with Crippen LogP contribution in [0.3, 0.4) is 0 Å². The highest BCUT2D eigenvalue weighted by molar-refractivity contribution is 9.10. The van der Waals surface area contributed by atoms with Crippen molar-refractivity contribution in [1.82, 2.24) is 15.0 Å². The zero-order valence-corrected chi connectivity index (χ0v) is 17.0. The van der Waals surface area contributed by atoms with E-state index in [2.05, 4.69) is 46.3 Å². The molecule has 1 heterocycles. The molecule has 0 unspecified atom stereocenters. The number of benzene rings is 4. The van der Waals surface area contributed by atoms with Crippen LogP contribution in [0.2, 0.25) is 0 Å². The van der Waals surface area contributed by atoms with Gasteiger partial charge in [-0.25, -0.2) is 15.0 Å². The van der Waals surface area contributed by atoms with Gasteiger partial charge in [-0.3, -0.25) is 0 Å². The standard InChI is InChI=1S/C25H16BrN3/c26-22-13-7-6-12-21(22)25-28-23(18-9-2-1-3-10-18)27-24(29-25)20-15-14-17-8-4-5-11-19(17)16-20/h1-16H. The van der Waals surface area contributed by atoms with E-state index >= 15 is 0 Å². The molecule has 0 saturated heterocycles. The zero-order valence-electron chi connectivity index (χ0n) is 15.5. The van der Waals surface area contributed by atoms with E-state index in [1.165, 1.54) is 5.39 Å². The van der Waals surface area contributed by atoms with Crippen LogP contribution in [-0.2, 0) is 0 Å². The minimum Gasteiger partial charge on any atom is -0.208 e. The van der Waals surface area contributed by atoms with Crippen molar-refractivity contribution in [2.45, 2.75) is 0 Å². The first-order chi connectivity index (χ1) is 14.3. The molecule has 0 aliphatic carbocycles. The second kappa shape index (κ2) is 7.57. The van der Waals surface area contributed by atoms with Gasteiger partial charge in [-0.1, -0.05) is 101 Å². The second-order valence-corrected chi connectivity index (χ2v) is 7.57. The Balaban J connectivity index is 1.73. The predicted molar refractivity (Wildman–Crippen MR) is 121 cm³/mol. The van der Waals surface area contributed by atoms with Crippen molar-refractivity contribution in [2.24, 2.45) is 0 Å². The number of aromatic nitrogens is 3. The largest absolute Gasteiger partial charge is 0.208 e. The smallest absolute Gasteiger partial charge is 0.165 e. The Kier molecular flexibility index (Phi) is 4.62. The lowest BCUT2D eigenvalue weighted by Gasteiger charge is -2.10. The molecule has 0 amide bonds. The summed E-state index contributed by atoms with van der Waals surface area (Å²) in [5.74, 6) is 1.97. The molecule has 3 nitrogen and oxygen atoms in total. The Morgan fingerprint density at radius 2 is 1.10 bits per heavy atom. The third-order valence-electron chi connectivity index (χ3n) is 4.79. The van der Waals surface area contributed by atoms with Crippen LogP contribution in [0.4, 0.5) is 0 Å². The lowest BCUT2D eigenvalue weighted by Crippen LogP contribution is -2.00. The van der Waals surface area contributed by atoms with Gasteiger partial charge in [-0.2, -0.15) is 0 Å². The van der Waals surface area contributed by atoms with E-state index in [9.17, 15) is 0 Å². The second-order valence-electron chi connectivity index (χ2n) is 6.71. The summed E-state index contributed by atoms with van der Waals surface area (Å²) in [7, 11) is 0. The fourth-order valence-corrected chi connectivity index (χ4v) is 3.77. The molecule has 4 aromatic carbocycles. The van der Waals surface area contributed by atoms with Crippen LogP contribution in [0, 0.1) is 0 Å². The lowest BCUT2D eigenvalue weighted by molar-refractivity contribution is 1.07. The van der Waals surface area contributed by atoms with Gasteiger partial charge in [0.05, 0.1) is 0 Å². The van der Waals surface area contributed by atoms with Gasteiger partial charge in [0.2, 0.25) is 0 Å². The first-order valence-electron chi connectivity index (χ1n) is 9.33. The molecule has 138 valence electrons. The maximum absolute atomic E-state index is 4.81. The number of rotatable bonds is 3. The molecule has 0 atom stereocenters. The van der Waals surface area contributed by atoms with Crippen LogP contribution < -0.4 is 0 Å². The fourth-order valence-electron chi connectivity index (χ4n) is 3.31. The Labute approximate surface area is 177 Å². The summed E-state index contributed by atoms with van der Waals surface area (Å²) in [4.78, 5) is 14.4. The van der Waals surface area contributed by atoms with E-state index < -0.39 is 0 Å². The minimum atomic E-state index is 0.648. The maximum atomic E-state index is 4.81. The van der Waals surface area contributed by atoms with Crippen molar-refractivity contribution in [3.8, 4) is 34.2 Å². The van der Waals surface area contributed by atoms with Gasteiger partial charge in [0.15, 0.2) is 17.5 Å². The van der Waals surface area contributed by atoms with E-state index in [-0.39, 0.29) is 0 Å². The normalized spacial score (nSPS) is 10.9. The molecule has 0 aliphatic heterocycles. The summed E-state index contributed by atoms with van der Waals surface area (Å²) in [5.41, 5.74) is 2.87. The number of nitrogens with zero attached hydrogens (tertiary/aromatic N) is 3. The highest BCUT2D eigenvalue weighted by Crippen LogP contribution is 2.30. The highest BCUT2D eigenvalue weighted by Gasteiger charge is 2.14. The third-order valence-corrected chi connectivity index (χ3v) is 5.48. The molecule has 0 radical (unpaired) electrons. The monoisotopic (exact) mass is 437 g/mol. The Bertz CT molecular complexity index is 1320. The van der Waals surface area contributed by atoms with Gasteiger partial charge in [0.1, 0.15) is 0 Å². The maximum Gasteiger partial charge on any atom is 0.165 e. The molecular formula is C25H16BrN3. The highest BCUT2D eigenvalue weighted by atomic mass is 79.9. The van der Waals surface area contributed by atoms with Crippen molar-refractivity contribution >= 4 is 26.7 Å². The topological polar surface area (TPSA) is 38.7 Å². The van der Waals surface area contributed by atoms with Crippen molar-refractivity contribution in [1.29, 1.82) is 0 Å². The predicted octanol–water partition coefficient (Wildman–Crippen LogP) is 6.79. The van der Waals surface area contributed by atoms with Crippen molar-refractivity contribution in [3.63, 3.8) is 0 Å². The SMILES string of the molecule is Brc1ccccc1-c1nc(-c2ccccc2)nc(-c2ccc3ccccc3c2)n1. The molecule has 1 aromatic heterocycles. The number of fused-ring (bicyclic) bond motifs is 1. The molecule has 0 saturated carbocycles. The first-order valence-corrected chi connectivity index (χ1v) is 10.1. The average molecular weight is 438 g/mol. The summed E-state index contributed by atoms with van der Waals surface area (Å²) in [6.45, 7) is 0. The van der Waals surface area contributed by atoms with Gasteiger partial charge in [-0.15, -0.1) is 0 Å². The molecule has 0 aliphatic rings. The van der Waals surface area contributed by atoms with E-state index in [1.807, 2.05) is 66.7 Å². The molecule has 0 fully saturated rings. The van der Waals surface area contributed by atoms with Crippen LogP contribution in [0.5, 0.6) is 0 Å². The Hall–Kier alpha value is -3.37. The molecule has 0 spiro atoms. The third kappa shape index (κ3) is 3.55. The fraction of sp³-hybridized carbons (Fsp3) is 0. The van der Waals surface area contributed by atoms with Crippen LogP contribution in [0.25, 0.3) is 44.9 Å². The number of halogens is 1. The van der Waals surface area contributed by atoms with Crippen LogP contribution in [-0.4, -0.2) is 15.0 Å². The number of hydrogen-bond donors (Lipinski definition) is 0. The average Bonchev–Trinajstić information content (AvgIpc) is 2.79. The lowest BCUT2D eigenvalue weighted by atomic mass is 10.1. The van der Waals surface area contributed by atoms with E-state index in [1.54, 1.807) is 0 Å². The van der Waals surface area contributed by atoms with Crippen molar-refractivity contribution < 1.29 is 0 Å². The van der Waals surface area contributed by atoms with Gasteiger partial charge < -0.3 is 0 Å². The molecule has 0 N–H and O–H groups in total. The first kappa shape index (κ1) is 17.7. The van der Waals surface area contributed by atoms with Crippen molar-refractivity contribution in [3.05, 3.63) is 102 Å². The van der Waals surface area contributed by atoms with E-state index in [0.29, 0.717) is 17.5 Å². The van der Waals surface area contributed by atoms with Crippen molar-refractivity contribution in [2.75, 3.05) is 0 Å². The molecule has 5 aromatic rings. The Morgan fingerprint density at radius 1 is 0.483 bits per heavy atom. The summed E-state index contributed by atoms with van der Waals surface area (Å²) >= 11 is 3.63. The van der Waals surface area contributed by atoms with Gasteiger partial charge in [0.25, 0.3) is 0 Å². The Morgan fingerprint density at radius 3 is 1.90 bits per heavy atom. The summed E-state index contributed by atoms with van der Waals surface area (Å²) in [5, 5.41) is 2.36. The zero-order chi connectivity index (χ0) is 19.6. The van der Waals surface area contributed by atoms with Gasteiger partial charge in [0, 0.05) is 21.2 Å². The molecular weight excluding hydrogens is 422 g/mol. The summed E-state index contributed by atoms with van der Waals surface area (Å²) in [6, 6.07) is 32.6. The number of hydrogen-bond acceptors (Lipinski definition) is 3. The molecule has 4 heteroatoms. The van der Waals surface area contributed by atoms with Crippen LogP contribution in [0.15, 0.2) is 102 Å².